The van der Waals surface area contributed by atoms with E-state index in [4.69, 9.17) is 0 Å². The molecule has 0 aliphatic rings. The van der Waals surface area contributed by atoms with E-state index in [1.807, 2.05) is 32.0 Å². The zero-order valence-electron chi connectivity index (χ0n) is 16.6. The van der Waals surface area contributed by atoms with Crippen LogP contribution in [0.25, 0.3) is 0 Å². The molecule has 1 aromatic carbocycles. The lowest BCUT2D eigenvalue weighted by Gasteiger charge is -2.16. The van der Waals surface area contributed by atoms with E-state index in [9.17, 15) is 4.79 Å². The molecule has 4 nitrogen and oxygen atoms in total. The molecule has 2 unspecified atom stereocenters. The number of nitrogens with one attached hydrogen (secondary N) is 1. The fraction of sp³-hybridized carbons (Fsp3) is 0.524. The lowest BCUT2D eigenvalue weighted by Crippen LogP contribution is -2.33. The van der Waals surface area contributed by atoms with Gasteiger partial charge < -0.3 is 9.88 Å². The van der Waals surface area contributed by atoms with Crippen LogP contribution in [0.5, 0.6) is 0 Å². The van der Waals surface area contributed by atoms with Gasteiger partial charge >= 0.3 is 0 Å². The molecule has 1 heterocycles. The second-order valence-corrected chi connectivity index (χ2v) is 8.20. The van der Waals surface area contributed by atoms with Gasteiger partial charge in [0, 0.05) is 18.8 Å². The fourth-order valence-electron chi connectivity index (χ4n) is 2.80. The third-order valence-electron chi connectivity index (χ3n) is 4.76. The van der Waals surface area contributed by atoms with Crippen LogP contribution in [-0.4, -0.2) is 27.3 Å². The molecular weight excluding hydrogens is 342 g/mol. The number of amides is 1. The van der Waals surface area contributed by atoms with E-state index in [0.29, 0.717) is 12.5 Å². The SMILES string of the molecule is CCCCn1c(SC(C)C(=O)NCC(C)c2ccccc2)nc(C)c1C. The number of rotatable bonds is 9. The Bertz CT molecular complexity index is 712. The molecule has 1 N–H and O–H groups in total. The molecule has 1 aromatic heterocycles. The number of benzene rings is 1. The lowest BCUT2D eigenvalue weighted by molar-refractivity contribution is -0.120. The maximum absolute atomic E-state index is 12.5. The minimum Gasteiger partial charge on any atom is -0.355 e. The van der Waals surface area contributed by atoms with Gasteiger partial charge in [-0.2, -0.15) is 0 Å². The Labute approximate surface area is 161 Å². The summed E-state index contributed by atoms with van der Waals surface area (Å²) in [6.07, 6.45) is 2.27. The van der Waals surface area contributed by atoms with Gasteiger partial charge in [-0.25, -0.2) is 4.98 Å². The number of hydrogen-bond acceptors (Lipinski definition) is 3. The van der Waals surface area contributed by atoms with Gasteiger partial charge in [-0.15, -0.1) is 0 Å². The number of thioether (sulfide) groups is 1. The summed E-state index contributed by atoms with van der Waals surface area (Å²) in [5.74, 6) is 0.367. The third kappa shape index (κ3) is 5.37. The Morgan fingerprint density at radius 2 is 1.92 bits per heavy atom. The predicted octanol–water partition coefficient (Wildman–Crippen LogP) is 4.70. The number of nitrogens with zero attached hydrogens (tertiary/aromatic N) is 2. The van der Waals surface area contributed by atoms with E-state index in [0.717, 1.165) is 30.2 Å². The Kier molecular flexibility index (Phi) is 7.76. The largest absolute Gasteiger partial charge is 0.355 e. The molecule has 0 fully saturated rings. The highest BCUT2D eigenvalue weighted by atomic mass is 32.2. The Balaban J connectivity index is 1.94. The van der Waals surface area contributed by atoms with E-state index in [2.05, 4.69) is 47.8 Å². The molecule has 0 saturated heterocycles. The average Bonchev–Trinajstić information content (AvgIpc) is 2.91. The molecule has 2 rings (SSSR count). The highest BCUT2D eigenvalue weighted by molar-refractivity contribution is 8.00. The van der Waals surface area contributed by atoms with Gasteiger partial charge in [0.05, 0.1) is 10.9 Å². The number of imidazole rings is 1. The van der Waals surface area contributed by atoms with Gasteiger partial charge in [0.2, 0.25) is 5.91 Å². The molecule has 2 aromatic rings. The molecule has 0 aliphatic heterocycles. The van der Waals surface area contributed by atoms with Crippen LogP contribution in [0.1, 0.15) is 56.5 Å². The van der Waals surface area contributed by atoms with Crippen LogP contribution in [0.15, 0.2) is 35.5 Å². The van der Waals surface area contributed by atoms with Crippen LogP contribution < -0.4 is 5.32 Å². The van der Waals surface area contributed by atoms with Crippen LogP contribution in [0.3, 0.4) is 0 Å². The minimum absolute atomic E-state index is 0.0677. The second-order valence-electron chi connectivity index (χ2n) is 6.89. The van der Waals surface area contributed by atoms with Crippen molar-refractivity contribution in [2.24, 2.45) is 0 Å². The number of aryl methyl sites for hydroxylation is 1. The summed E-state index contributed by atoms with van der Waals surface area (Å²) in [6.45, 7) is 12.0. The first-order valence-electron chi connectivity index (χ1n) is 9.47. The number of carbonyl (C=O) groups is 1. The van der Waals surface area contributed by atoms with E-state index < -0.39 is 0 Å². The highest BCUT2D eigenvalue weighted by Crippen LogP contribution is 2.26. The maximum atomic E-state index is 12.5. The van der Waals surface area contributed by atoms with E-state index in [1.54, 1.807) is 11.8 Å². The third-order valence-corrected chi connectivity index (χ3v) is 5.85. The summed E-state index contributed by atoms with van der Waals surface area (Å²) >= 11 is 1.55. The predicted molar refractivity (Wildman–Crippen MR) is 110 cm³/mol. The van der Waals surface area contributed by atoms with E-state index in [1.165, 1.54) is 11.3 Å². The van der Waals surface area contributed by atoms with Crippen molar-refractivity contribution in [2.75, 3.05) is 6.54 Å². The fourth-order valence-corrected chi connectivity index (χ4v) is 3.85. The standard InChI is InChI=1S/C21H31N3OS/c1-6-7-13-24-17(4)16(3)23-21(24)26-18(5)20(25)22-14-15(2)19-11-9-8-10-12-19/h8-12,15,18H,6-7,13-14H2,1-5H3,(H,22,25). The molecule has 0 spiro atoms. The van der Waals surface area contributed by atoms with Crippen LogP contribution in [0.2, 0.25) is 0 Å². The van der Waals surface area contributed by atoms with Crippen molar-refractivity contribution in [3.8, 4) is 0 Å². The number of unbranched alkanes of at least 4 members (excludes halogenated alkanes) is 1. The zero-order valence-corrected chi connectivity index (χ0v) is 17.4. The van der Waals surface area contributed by atoms with Crippen molar-refractivity contribution in [1.29, 1.82) is 0 Å². The summed E-state index contributed by atoms with van der Waals surface area (Å²) in [6, 6.07) is 10.3. The first-order valence-corrected chi connectivity index (χ1v) is 10.3. The van der Waals surface area contributed by atoms with Gasteiger partial charge in [0.15, 0.2) is 5.16 Å². The maximum Gasteiger partial charge on any atom is 0.233 e. The van der Waals surface area contributed by atoms with Crippen molar-refractivity contribution in [1.82, 2.24) is 14.9 Å². The molecule has 26 heavy (non-hydrogen) atoms. The van der Waals surface area contributed by atoms with Gasteiger partial charge in [0.25, 0.3) is 0 Å². The molecule has 0 radical (unpaired) electrons. The lowest BCUT2D eigenvalue weighted by atomic mass is 10.0. The summed E-state index contributed by atoms with van der Waals surface area (Å²) in [5, 5.41) is 3.87. The van der Waals surface area contributed by atoms with E-state index in [-0.39, 0.29) is 11.2 Å². The second kappa shape index (κ2) is 9.81. The van der Waals surface area contributed by atoms with Gasteiger partial charge in [-0.1, -0.05) is 62.4 Å². The monoisotopic (exact) mass is 373 g/mol. The Morgan fingerprint density at radius 3 is 2.58 bits per heavy atom. The van der Waals surface area contributed by atoms with Gasteiger partial charge in [-0.3, -0.25) is 4.79 Å². The normalized spacial score (nSPS) is 13.4. The topological polar surface area (TPSA) is 46.9 Å². The summed E-state index contributed by atoms with van der Waals surface area (Å²) < 4.78 is 2.25. The molecule has 0 saturated carbocycles. The van der Waals surface area contributed by atoms with Crippen LogP contribution in [0, 0.1) is 13.8 Å². The van der Waals surface area contributed by atoms with Crippen molar-refractivity contribution in [3.63, 3.8) is 0 Å². The van der Waals surface area contributed by atoms with Gasteiger partial charge in [-0.05, 0) is 38.7 Å². The number of hydrogen-bond donors (Lipinski definition) is 1. The first kappa shape index (κ1) is 20.6. The van der Waals surface area contributed by atoms with Crippen LogP contribution in [-0.2, 0) is 11.3 Å². The Hall–Kier alpha value is -1.75. The molecule has 0 aliphatic carbocycles. The highest BCUT2D eigenvalue weighted by Gasteiger charge is 2.20. The summed E-state index contributed by atoms with van der Waals surface area (Å²) in [5.41, 5.74) is 3.50. The molecule has 2 atom stereocenters. The van der Waals surface area contributed by atoms with Crippen molar-refractivity contribution in [3.05, 3.63) is 47.3 Å². The van der Waals surface area contributed by atoms with Crippen LogP contribution in [0.4, 0.5) is 0 Å². The average molecular weight is 374 g/mol. The molecule has 5 heteroatoms. The molecule has 142 valence electrons. The van der Waals surface area contributed by atoms with Crippen molar-refractivity contribution in [2.45, 2.75) is 70.3 Å². The summed E-state index contributed by atoms with van der Waals surface area (Å²) in [4.78, 5) is 17.2. The molecule has 0 bridgehead atoms. The van der Waals surface area contributed by atoms with Gasteiger partial charge in [0.1, 0.15) is 0 Å². The summed E-state index contributed by atoms with van der Waals surface area (Å²) in [7, 11) is 0. The number of aromatic nitrogens is 2. The first-order chi connectivity index (χ1) is 12.4. The molecule has 1 amide bonds. The Morgan fingerprint density at radius 1 is 1.23 bits per heavy atom. The smallest absolute Gasteiger partial charge is 0.233 e. The van der Waals surface area contributed by atoms with Crippen molar-refractivity contribution >= 4 is 17.7 Å². The molecular formula is C21H31N3OS. The van der Waals surface area contributed by atoms with E-state index >= 15 is 0 Å². The van der Waals surface area contributed by atoms with Crippen molar-refractivity contribution < 1.29 is 4.79 Å². The number of carbonyl (C=O) groups excluding carboxylic acids is 1. The minimum atomic E-state index is -0.167. The van der Waals surface area contributed by atoms with Crippen LogP contribution >= 0.6 is 11.8 Å². The quantitative estimate of drug-likeness (QED) is 0.648. The zero-order chi connectivity index (χ0) is 19.1.